The molecule has 0 spiro atoms. The molecule has 3 nitrogen and oxygen atoms in total. The molecule has 2 aromatic rings. The number of aromatic amines is 1. The average molecular weight is 261 g/mol. The zero-order valence-electron chi connectivity index (χ0n) is 10.9. The van der Waals surface area contributed by atoms with Gasteiger partial charge in [0.2, 0.25) is 0 Å². The van der Waals surface area contributed by atoms with E-state index in [9.17, 15) is 0 Å². The minimum absolute atomic E-state index is 0.524. The third kappa shape index (κ3) is 3.35. The van der Waals surface area contributed by atoms with Crippen molar-refractivity contribution in [3.63, 3.8) is 0 Å². The van der Waals surface area contributed by atoms with Crippen LogP contribution in [-0.2, 0) is 6.42 Å². The molecule has 1 aromatic carbocycles. The average Bonchev–Trinajstić information content (AvgIpc) is 2.90. The summed E-state index contributed by atoms with van der Waals surface area (Å²) in [5.41, 5.74) is 2.43. The van der Waals surface area contributed by atoms with Crippen LogP contribution in [0, 0.1) is 0 Å². The molecule has 0 aliphatic carbocycles. The lowest BCUT2D eigenvalue weighted by molar-refractivity contribution is 0.647. The summed E-state index contributed by atoms with van der Waals surface area (Å²) in [6, 6.07) is 8.92. The minimum atomic E-state index is 0.524. The molecule has 0 fully saturated rings. The fourth-order valence-corrected chi connectivity index (χ4v) is 2.74. The molecule has 1 unspecified atom stereocenters. The molecular formula is C14H19N3S. The van der Waals surface area contributed by atoms with Crippen molar-refractivity contribution in [2.45, 2.75) is 37.5 Å². The van der Waals surface area contributed by atoms with Crippen molar-refractivity contribution < 1.29 is 0 Å². The zero-order valence-corrected chi connectivity index (χ0v) is 11.7. The van der Waals surface area contributed by atoms with Crippen LogP contribution in [0.2, 0.25) is 0 Å². The summed E-state index contributed by atoms with van der Waals surface area (Å²) in [6.45, 7) is 4.40. The summed E-state index contributed by atoms with van der Waals surface area (Å²) in [7, 11) is 0. The van der Waals surface area contributed by atoms with E-state index in [4.69, 9.17) is 0 Å². The predicted octanol–water partition coefficient (Wildman–Crippen LogP) is 3.65. The van der Waals surface area contributed by atoms with Gasteiger partial charge in [0.15, 0.2) is 0 Å². The van der Waals surface area contributed by atoms with Gasteiger partial charge < -0.3 is 0 Å². The number of hydrogen-bond acceptors (Lipinski definition) is 3. The van der Waals surface area contributed by atoms with Gasteiger partial charge in [0.05, 0.1) is 11.9 Å². The smallest absolute Gasteiger partial charge is 0.0830 e. The SMILES string of the molecule is CCSc1ccc(C(CC)Cc2cn[nH]n2)cc1. The summed E-state index contributed by atoms with van der Waals surface area (Å²) in [5.74, 6) is 1.64. The fraction of sp³-hybridized carbons (Fsp3) is 0.429. The van der Waals surface area contributed by atoms with Crippen LogP contribution in [0.25, 0.3) is 0 Å². The number of nitrogens with one attached hydrogen (secondary N) is 1. The Hall–Kier alpha value is -1.29. The van der Waals surface area contributed by atoms with Crippen LogP contribution < -0.4 is 0 Å². The first-order valence-corrected chi connectivity index (χ1v) is 7.39. The van der Waals surface area contributed by atoms with Crippen molar-refractivity contribution in [2.24, 2.45) is 0 Å². The predicted molar refractivity (Wildman–Crippen MR) is 76.0 cm³/mol. The van der Waals surface area contributed by atoms with Crippen molar-refractivity contribution in [2.75, 3.05) is 5.75 Å². The Morgan fingerprint density at radius 1 is 1.22 bits per heavy atom. The van der Waals surface area contributed by atoms with Gasteiger partial charge in [-0.25, -0.2) is 0 Å². The largest absolute Gasteiger partial charge is 0.198 e. The van der Waals surface area contributed by atoms with E-state index in [2.05, 4.69) is 53.5 Å². The highest BCUT2D eigenvalue weighted by Gasteiger charge is 2.11. The molecule has 0 radical (unpaired) electrons. The lowest BCUT2D eigenvalue weighted by atomic mass is 9.92. The maximum absolute atomic E-state index is 4.14. The molecule has 4 heteroatoms. The van der Waals surface area contributed by atoms with Gasteiger partial charge in [0.25, 0.3) is 0 Å². The van der Waals surface area contributed by atoms with Crippen LogP contribution >= 0.6 is 11.8 Å². The second-order valence-electron chi connectivity index (χ2n) is 4.27. The van der Waals surface area contributed by atoms with Crippen LogP contribution in [-0.4, -0.2) is 21.2 Å². The Balaban J connectivity index is 2.07. The second kappa shape index (κ2) is 6.59. The molecule has 0 amide bonds. The number of hydrogen-bond donors (Lipinski definition) is 1. The molecule has 96 valence electrons. The number of benzene rings is 1. The second-order valence-corrected chi connectivity index (χ2v) is 5.61. The van der Waals surface area contributed by atoms with E-state index < -0.39 is 0 Å². The molecule has 2 rings (SSSR count). The lowest BCUT2D eigenvalue weighted by Gasteiger charge is -2.14. The van der Waals surface area contributed by atoms with Gasteiger partial charge in [-0.15, -0.1) is 11.8 Å². The first kappa shape index (κ1) is 13.1. The Kier molecular flexibility index (Phi) is 4.81. The third-order valence-corrected chi connectivity index (χ3v) is 3.97. The maximum Gasteiger partial charge on any atom is 0.0830 e. The fourth-order valence-electron chi connectivity index (χ4n) is 2.08. The van der Waals surface area contributed by atoms with Crippen LogP contribution in [0.1, 0.15) is 37.4 Å². The number of thioether (sulfide) groups is 1. The van der Waals surface area contributed by atoms with Crippen molar-refractivity contribution in [3.05, 3.63) is 41.7 Å². The summed E-state index contributed by atoms with van der Waals surface area (Å²) < 4.78 is 0. The van der Waals surface area contributed by atoms with Gasteiger partial charge in [-0.05, 0) is 42.2 Å². The lowest BCUT2D eigenvalue weighted by Crippen LogP contribution is -2.02. The summed E-state index contributed by atoms with van der Waals surface area (Å²) in [6.07, 6.45) is 3.88. The standard InChI is InChI=1S/C14H19N3S/c1-3-11(9-13-10-15-17-16-13)12-5-7-14(8-6-12)18-4-2/h5-8,10-11H,3-4,9H2,1-2H3,(H,15,16,17). The number of rotatable bonds is 6. The van der Waals surface area contributed by atoms with Crippen molar-refractivity contribution in [3.8, 4) is 0 Å². The zero-order chi connectivity index (χ0) is 12.8. The van der Waals surface area contributed by atoms with Gasteiger partial charge >= 0.3 is 0 Å². The Morgan fingerprint density at radius 2 is 2.00 bits per heavy atom. The van der Waals surface area contributed by atoms with Gasteiger partial charge in [-0.3, -0.25) is 0 Å². The monoisotopic (exact) mass is 261 g/mol. The van der Waals surface area contributed by atoms with Crippen LogP contribution in [0.4, 0.5) is 0 Å². The van der Waals surface area contributed by atoms with E-state index in [-0.39, 0.29) is 0 Å². The molecule has 0 saturated carbocycles. The van der Waals surface area contributed by atoms with Gasteiger partial charge in [-0.1, -0.05) is 26.0 Å². The van der Waals surface area contributed by atoms with Gasteiger partial charge in [-0.2, -0.15) is 15.4 Å². The molecule has 1 N–H and O–H groups in total. The molecule has 18 heavy (non-hydrogen) atoms. The highest BCUT2D eigenvalue weighted by atomic mass is 32.2. The Morgan fingerprint density at radius 3 is 2.56 bits per heavy atom. The van der Waals surface area contributed by atoms with Crippen molar-refractivity contribution >= 4 is 11.8 Å². The van der Waals surface area contributed by atoms with Gasteiger partial charge in [0, 0.05) is 4.90 Å². The van der Waals surface area contributed by atoms with Crippen LogP contribution in [0.5, 0.6) is 0 Å². The molecule has 0 aliphatic rings. The van der Waals surface area contributed by atoms with Crippen LogP contribution in [0.15, 0.2) is 35.4 Å². The van der Waals surface area contributed by atoms with Crippen molar-refractivity contribution in [1.82, 2.24) is 15.4 Å². The van der Waals surface area contributed by atoms with E-state index in [0.717, 1.165) is 24.3 Å². The highest BCUT2D eigenvalue weighted by Crippen LogP contribution is 2.26. The molecule has 1 atom stereocenters. The molecule has 0 aliphatic heterocycles. The molecule has 1 heterocycles. The van der Waals surface area contributed by atoms with E-state index in [0.29, 0.717) is 5.92 Å². The van der Waals surface area contributed by atoms with E-state index in [1.54, 1.807) is 0 Å². The maximum atomic E-state index is 4.14. The minimum Gasteiger partial charge on any atom is -0.198 e. The third-order valence-electron chi connectivity index (χ3n) is 3.08. The quantitative estimate of drug-likeness (QED) is 0.807. The molecular weight excluding hydrogens is 242 g/mol. The normalized spacial score (nSPS) is 12.6. The Labute approximate surface area is 112 Å². The van der Waals surface area contributed by atoms with Gasteiger partial charge in [0.1, 0.15) is 0 Å². The molecule has 1 aromatic heterocycles. The topological polar surface area (TPSA) is 41.6 Å². The highest BCUT2D eigenvalue weighted by molar-refractivity contribution is 7.99. The first-order valence-electron chi connectivity index (χ1n) is 6.40. The summed E-state index contributed by atoms with van der Waals surface area (Å²) >= 11 is 1.88. The summed E-state index contributed by atoms with van der Waals surface area (Å²) in [4.78, 5) is 1.34. The molecule has 0 bridgehead atoms. The number of H-pyrrole nitrogens is 1. The van der Waals surface area contributed by atoms with Crippen LogP contribution in [0.3, 0.4) is 0 Å². The first-order chi connectivity index (χ1) is 8.83. The van der Waals surface area contributed by atoms with E-state index in [1.165, 1.54) is 10.5 Å². The van der Waals surface area contributed by atoms with E-state index >= 15 is 0 Å². The summed E-state index contributed by atoms with van der Waals surface area (Å²) in [5, 5.41) is 10.7. The number of aromatic nitrogens is 3. The number of nitrogens with zero attached hydrogens (tertiary/aromatic N) is 2. The Bertz CT molecular complexity index is 450. The van der Waals surface area contributed by atoms with E-state index in [1.807, 2.05) is 18.0 Å². The van der Waals surface area contributed by atoms with Crippen molar-refractivity contribution in [1.29, 1.82) is 0 Å². The molecule has 0 saturated heterocycles.